The number of nitrogens with zero attached hydrogens (tertiary/aromatic N) is 5. The predicted molar refractivity (Wildman–Crippen MR) is 152 cm³/mol. The van der Waals surface area contributed by atoms with Crippen molar-refractivity contribution in [2.75, 3.05) is 48.6 Å². The van der Waals surface area contributed by atoms with Gasteiger partial charge in [-0.25, -0.2) is 9.00 Å². The third kappa shape index (κ3) is 5.05. The Bertz CT molecular complexity index is 1290. The maximum absolute atomic E-state index is 13.1. The fraction of sp³-hybridized carbons (Fsp3) is 0.607. The summed E-state index contributed by atoms with van der Waals surface area (Å²) in [7, 11) is -2.44. The fourth-order valence-electron chi connectivity index (χ4n) is 6.97. The molecule has 0 radical (unpaired) electrons. The molecule has 4 aliphatic rings. The van der Waals surface area contributed by atoms with Crippen LogP contribution in [0.2, 0.25) is 0 Å². The smallest absolute Gasteiger partial charge is 0.344 e. The minimum atomic E-state index is -2.44. The highest BCUT2D eigenvalue weighted by Crippen LogP contribution is 2.40. The van der Waals surface area contributed by atoms with Gasteiger partial charge in [0.1, 0.15) is 0 Å². The first-order chi connectivity index (χ1) is 18.2. The van der Waals surface area contributed by atoms with Crippen molar-refractivity contribution in [3.63, 3.8) is 0 Å². The summed E-state index contributed by atoms with van der Waals surface area (Å²) >= 11 is 0. The Morgan fingerprint density at radius 3 is 2.61 bits per heavy atom. The lowest BCUT2D eigenvalue weighted by molar-refractivity contribution is 0.0304. The van der Waals surface area contributed by atoms with Crippen molar-refractivity contribution in [3.8, 4) is 0 Å². The van der Waals surface area contributed by atoms with E-state index in [2.05, 4.69) is 50.6 Å². The highest BCUT2D eigenvalue weighted by atomic mass is 32.2. The minimum absolute atomic E-state index is 0.132. The van der Waals surface area contributed by atoms with Gasteiger partial charge in [0, 0.05) is 72.2 Å². The number of morpholine rings is 1. The minimum Gasteiger partial charge on any atom is -0.371 e. The van der Waals surface area contributed by atoms with Gasteiger partial charge in [-0.1, -0.05) is 12.1 Å². The quantitative estimate of drug-likeness (QED) is 0.586. The maximum atomic E-state index is 13.1. The van der Waals surface area contributed by atoms with Crippen molar-refractivity contribution in [3.05, 3.63) is 41.6 Å². The highest BCUT2D eigenvalue weighted by molar-refractivity contribution is 8.00. The lowest BCUT2D eigenvalue weighted by atomic mass is 9.84. The Labute approximate surface area is 226 Å². The van der Waals surface area contributed by atoms with E-state index in [4.69, 9.17) is 4.74 Å². The van der Waals surface area contributed by atoms with Crippen LogP contribution < -0.4 is 9.62 Å². The van der Waals surface area contributed by atoms with Gasteiger partial charge in [0.2, 0.25) is 0 Å². The number of piperidine rings is 1. The second-order valence-corrected chi connectivity index (χ2v) is 13.9. The Morgan fingerprint density at radius 1 is 1.16 bits per heavy atom. The monoisotopic (exact) mass is 540 g/mol. The van der Waals surface area contributed by atoms with Crippen LogP contribution >= 0.6 is 0 Å². The summed E-state index contributed by atoms with van der Waals surface area (Å²) in [6.07, 6.45) is 10.6. The summed E-state index contributed by atoms with van der Waals surface area (Å²) in [5.74, 6) is 3.99. The largest absolute Gasteiger partial charge is 0.371 e. The van der Waals surface area contributed by atoms with Crippen molar-refractivity contribution in [2.45, 2.75) is 69.7 Å². The zero-order valence-electron chi connectivity index (χ0n) is 22.6. The van der Waals surface area contributed by atoms with Crippen LogP contribution in [-0.4, -0.2) is 92.4 Å². The normalized spacial score (nSPS) is 26.6. The Morgan fingerprint density at radius 2 is 1.89 bits per heavy atom. The number of likely N-dealkylation sites (tertiary alicyclic amines) is 2. The van der Waals surface area contributed by atoms with E-state index < -0.39 is 9.71 Å². The number of hydrogen-bond donors (Lipinski definition) is 1. The molecule has 206 valence electrons. The number of carbonyl (C=O) groups is 1. The first kappa shape index (κ1) is 25.7. The summed E-state index contributed by atoms with van der Waals surface area (Å²) in [6.45, 7) is 7.78. The molecule has 9 nitrogen and oxygen atoms in total. The van der Waals surface area contributed by atoms with Crippen LogP contribution in [0, 0.1) is 6.92 Å². The van der Waals surface area contributed by atoms with E-state index in [0.29, 0.717) is 31.1 Å². The molecular formula is C28H40N6O3S. The van der Waals surface area contributed by atoms with E-state index in [-0.39, 0.29) is 11.6 Å². The van der Waals surface area contributed by atoms with Gasteiger partial charge in [-0.2, -0.15) is 4.68 Å². The van der Waals surface area contributed by atoms with Crippen molar-refractivity contribution in [1.29, 1.82) is 0 Å². The number of carbonyl (C=O) groups excluding carboxylic acids is 1. The number of aromatic nitrogens is 2. The van der Waals surface area contributed by atoms with Crippen LogP contribution in [0.3, 0.4) is 0 Å². The predicted octanol–water partition coefficient (Wildman–Crippen LogP) is 3.33. The molecule has 1 aromatic heterocycles. The van der Waals surface area contributed by atoms with Crippen LogP contribution in [0.5, 0.6) is 0 Å². The van der Waals surface area contributed by atoms with Gasteiger partial charge in [0.05, 0.1) is 12.2 Å². The van der Waals surface area contributed by atoms with Crippen molar-refractivity contribution in [2.24, 2.45) is 0 Å². The third-order valence-electron chi connectivity index (χ3n) is 8.97. The molecular weight excluding hydrogens is 500 g/mol. The van der Waals surface area contributed by atoms with Crippen molar-refractivity contribution < 1.29 is 13.7 Å². The van der Waals surface area contributed by atoms with Crippen LogP contribution in [0.1, 0.15) is 49.7 Å². The van der Waals surface area contributed by atoms with Crippen LogP contribution in [0.15, 0.2) is 30.5 Å². The second-order valence-electron chi connectivity index (χ2n) is 11.7. The van der Waals surface area contributed by atoms with E-state index in [9.17, 15) is 9.00 Å². The van der Waals surface area contributed by atoms with Gasteiger partial charge in [-0.15, -0.1) is 5.10 Å². The van der Waals surface area contributed by atoms with Gasteiger partial charge >= 0.3 is 6.03 Å². The lowest BCUT2D eigenvalue weighted by Crippen LogP contribution is -2.53. The lowest BCUT2D eigenvalue weighted by Gasteiger charge is -2.45. The third-order valence-corrected chi connectivity index (χ3v) is 9.61. The van der Waals surface area contributed by atoms with Crippen LogP contribution in [0.4, 0.5) is 16.3 Å². The Balaban J connectivity index is 1.11. The van der Waals surface area contributed by atoms with E-state index in [0.717, 1.165) is 39.0 Å². The molecule has 4 aliphatic heterocycles. The van der Waals surface area contributed by atoms with Crippen molar-refractivity contribution >= 4 is 33.1 Å². The first-order valence-electron chi connectivity index (χ1n) is 13.9. The molecule has 1 amide bonds. The Hall–Kier alpha value is -2.56. The van der Waals surface area contributed by atoms with E-state index in [1.165, 1.54) is 53.4 Å². The van der Waals surface area contributed by atoms with Gasteiger partial charge in [0.25, 0.3) is 0 Å². The molecule has 4 saturated heterocycles. The molecule has 3 atom stereocenters. The number of anilines is 2. The number of fused-ring (bicyclic) bond motifs is 2. The molecule has 5 heterocycles. The van der Waals surface area contributed by atoms with E-state index >= 15 is 0 Å². The molecule has 0 aliphatic carbocycles. The fourth-order valence-corrected chi connectivity index (χ4v) is 7.52. The average Bonchev–Trinajstić information content (AvgIpc) is 3.59. The van der Waals surface area contributed by atoms with E-state index in [1.54, 1.807) is 12.3 Å². The highest BCUT2D eigenvalue weighted by Gasteiger charge is 2.44. The molecule has 1 N–H and O–H groups in total. The number of rotatable bonds is 5. The summed E-state index contributed by atoms with van der Waals surface area (Å²) in [5, 5.41) is 4.27. The van der Waals surface area contributed by atoms with Crippen LogP contribution in [-0.2, 0) is 21.0 Å². The molecule has 4 fully saturated rings. The number of ether oxygens (including phenoxy) is 1. The zero-order valence-corrected chi connectivity index (χ0v) is 23.4. The number of hydrogen-bond acceptors (Lipinski definition) is 6. The van der Waals surface area contributed by atoms with Crippen LogP contribution in [0.25, 0.3) is 0 Å². The zero-order chi connectivity index (χ0) is 26.5. The topological polar surface area (TPSA) is 82.9 Å². The summed E-state index contributed by atoms with van der Waals surface area (Å²) in [4.78, 5) is 20.2. The molecule has 1 aromatic carbocycles. The van der Waals surface area contributed by atoms with Gasteiger partial charge < -0.3 is 14.5 Å². The molecule has 0 saturated carbocycles. The second kappa shape index (κ2) is 9.88. The molecule has 38 heavy (non-hydrogen) atoms. The Kier molecular flexibility index (Phi) is 6.68. The standard InChI is InChI=1S/C28H40N6O3S/c1-21-22(6-4-7-25(21)32-19-23-8-9-24(20-32)37-23)18-33-14-5-11-28(33)12-16-31(17-13-28)27(35)34-15-10-26(29-34)30-38(2,3)36/h4,6-7,10,15,23-24H,2,5,8-9,11-14,16-20H2,1,3H3,(H,29,30,36). The summed E-state index contributed by atoms with van der Waals surface area (Å²) < 4.78 is 22.1. The van der Waals surface area contributed by atoms with Gasteiger partial charge in [0.15, 0.2) is 5.82 Å². The molecule has 10 heteroatoms. The molecule has 2 aromatic rings. The average molecular weight is 541 g/mol. The molecule has 2 bridgehead atoms. The van der Waals surface area contributed by atoms with Crippen molar-refractivity contribution in [1.82, 2.24) is 19.6 Å². The molecule has 3 unspecified atom stereocenters. The summed E-state index contributed by atoms with van der Waals surface area (Å²) in [6, 6.07) is 8.32. The number of amides is 1. The van der Waals surface area contributed by atoms with Gasteiger partial charge in [-0.05, 0) is 75.1 Å². The number of nitrogens with one attached hydrogen (secondary N) is 1. The van der Waals surface area contributed by atoms with E-state index in [1.807, 2.05) is 4.90 Å². The van der Waals surface area contributed by atoms with Gasteiger partial charge in [-0.3, -0.25) is 9.62 Å². The first-order valence-corrected chi connectivity index (χ1v) is 16.0. The molecule has 1 spiro atoms. The summed E-state index contributed by atoms with van der Waals surface area (Å²) in [5.41, 5.74) is 4.32. The molecule has 6 rings (SSSR count). The maximum Gasteiger partial charge on any atom is 0.344 e. The number of benzene rings is 1. The SMILES string of the molecule is C=S(C)(=O)Nc1ccn(C(=O)N2CCC3(CCCN3Cc3cccc(N4CC5CCC(C4)O5)c3C)CC2)n1.